The summed E-state index contributed by atoms with van der Waals surface area (Å²) in [4.78, 5) is 24.1. The predicted molar refractivity (Wildman–Crippen MR) is 144 cm³/mol. The maximum Gasteiger partial charge on any atom is 0.282 e. The van der Waals surface area contributed by atoms with Crippen LogP contribution in [0.1, 0.15) is 11.1 Å². The van der Waals surface area contributed by atoms with Crippen molar-refractivity contribution in [3.05, 3.63) is 131 Å². The van der Waals surface area contributed by atoms with Crippen LogP contribution < -0.4 is 4.90 Å². The van der Waals surface area contributed by atoms with Gasteiger partial charge in [0.2, 0.25) is 0 Å². The fraction of sp³-hybridized carbons (Fsp3) is 0. The van der Waals surface area contributed by atoms with Crippen molar-refractivity contribution in [2.45, 2.75) is 0 Å². The molecule has 4 nitrogen and oxygen atoms in total. The molecule has 0 saturated heterocycles. The maximum atomic E-state index is 14.0. The first-order valence-electron chi connectivity index (χ1n) is 11.3. The van der Waals surface area contributed by atoms with Crippen molar-refractivity contribution < 1.29 is 4.79 Å². The molecule has 5 heteroatoms. The number of H-pyrrole nitrogens is 1. The van der Waals surface area contributed by atoms with Gasteiger partial charge in [-0.2, -0.15) is 0 Å². The molecule has 1 aliphatic rings. The average Bonchev–Trinajstić information content (AvgIpc) is 3.44. The number of aliphatic imine (C=N–C) groups is 1. The molecule has 1 aliphatic heterocycles. The fourth-order valence-corrected chi connectivity index (χ4v) is 4.52. The molecular weight excluding hydrogens is 454 g/mol. The third-order valence-electron chi connectivity index (χ3n) is 6.03. The zero-order valence-electron chi connectivity index (χ0n) is 18.7. The van der Waals surface area contributed by atoms with Crippen LogP contribution in [0, 0.1) is 0 Å². The Bertz CT molecular complexity index is 1600. The van der Waals surface area contributed by atoms with Gasteiger partial charge in [-0.05, 0) is 29.8 Å². The van der Waals surface area contributed by atoms with Crippen molar-refractivity contribution in [2.75, 3.05) is 4.90 Å². The summed E-state index contributed by atoms with van der Waals surface area (Å²) in [5, 5.41) is 1.60. The van der Waals surface area contributed by atoms with Crippen LogP contribution in [0.25, 0.3) is 28.2 Å². The Hall–Kier alpha value is -4.41. The van der Waals surface area contributed by atoms with Crippen LogP contribution in [0.2, 0.25) is 5.02 Å². The van der Waals surface area contributed by atoms with Gasteiger partial charge < -0.3 is 4.98 Å². The summed E-state index contributed by atoms with van der Waals surface area (Å²) < 4.78 is 0. The van der Waals surface area contributed by atoms with Gasteiger partial charge in [0, 0.05) is 27.1 Å². The van der Waals surface area contributed by atoms with Gasteiger partial charge in [0.05, 0.1) is 11.4 Å². The topological polar surface area (TPSA) is 48.5 Å². The minimum absolute atomic E-state index is 0.180. The highest BCUT2D eigenvalue weighted by molar-refractivity contribution is 6.36. The number of anilines is 1. The lowest BCUT2D eigenvalue weighted by molar-refractivity contribution is -0.113. The molecule has 1 aromatic heterocycles. The number of nitrogens with one attached hydrogen (secondary N) is 1. The van der Waals surface area contributed by atoms with Crippen molar-refractivity contribution >= 4 is 46.0 Å². The zero-order chi connectivity index (χ0) is 23.8. The molecule has 6 rings (SSSR count). The molecule has 2 heterocycles. The van der Waals surface area contributed by atoms with Gasteiger partial charge in [0.15, 0.2) is 0 Å². The standard InChI is InChI=1S/C30H20ClN3O/c31-23-17-15-20(16-18-23)19-26-30(35)34(29(33-26)22-11-5-2-6-12-22)28-24-13-7-8-14-25(24)32-27(28)21-9-3-1-4-10-21/h1-19,32H/b26-19+. The molecule has 0 saturated carbocycles. The second-order valence-electron chi connectivity index (χ2n) is 8.28. The summed E-state index contributed by atoms with van der Waals surface area (Å²) in [6.07, 6.45) is 1.80. The number of amidine groups is 1. The number of hydrogen-bond donors (Lipinski definition) is 1. The van der Waals surface area contributed by atoms with Gasteiger partial charge in [0.1, 0.15) is 11.5 Å². The number of carbonyl (C=O) groups excluding carboxylic acids is 1. The van der Waals surface area contributed by atoms with E-state index in [4.69, 9.17) is 16.6 Å². The Morgan fingerprint density at radius 1 is 0.743 bits per heavy atom. The second-order valence-corrected chi connectivity index (χ2v) is 8.72. The summed E-state index contributed by atoms with van der Waals surface area (Å²) >= 11 is 6.06. The molecule has 0 fully saturated rings. The van der Waals surface area contributed by atoms with Crippen molar-refractivity contribution in [1.82, 2.24) is 4.98 Å². The van der Waals surface area contributed by atoms with Crippen LogP contribution in [0.4, 0.5) is 5.69 Å². The van der Waals surface area contributed by atoms with Crippen molar-refractivity contribution in [1.29, 1.82) is 0 Å². The third kappa shape index (κ3) is 3.84. The van der Waals surface area contributed by atoms with Crippen LogP contribution in [-0.2, 0) is 4.79 Å². The minimum atomic E-state index is -0.180. The maximum absolute atomic E-state index is 14.0. The molecule has 0 bridgehead atoms. The smallest absolute Gasteiger partial charge is 0.282 e. The largest absolute Gasteiger partial charge is 0.353 e. The minimum Gasteiger partial charge on any atom is -0.353 e. The first-order valence-corrected chi connectivity index (χ1v) is 11.7. The molecule has 0 atom stereocenters. The number of aromatic amines is 1. The van der Waals surface area contributed by atoms with Crippen LogP contribution in [0.15, 0.2) is 120 Å². The Morgan fingerprint density at radius 3 is 2.09 bits per heavy atom. The van der Waals surface area contributed by atoms with E-state index in [0.29, 0.717) is 16.6 Å². The number of halogens is 1. The van der Waals surface area contributed by atoms with E-state index < -0.39 is 0 Å². The lowest BCUT2D eigenvalue weighted by atomic mass is 10.1. The number of fused-ring (bicyclic) bond motifs is 1. The summed E-state index contributed by atoms with van der Waals surface area (Å²) in [5.74, 6) is 0.415. The predicted octanol–water partition coefficient (Wildman–Crippen LogP) is 7.32. The van der Waals surface area contributed by atoms with E-state index in [1.54, 1.807) is 23.1 Å². The first-order chi connectivity index (χ1) is 17.2. The number of para-hydroxylation sites is 1. The number of aromatic nitrogens is 1. The molecular formula is C30H20ClN3O. The van der Waals surface area contributed by atoms with E-state index >= 15 is 0 Å². The van der Waals surface area contributed by atoms with E-state index in [2.05, 4.69) is 4.98 Å². The zero-order valence-corrected chi connectivity index (χ0v) is 19.4. The molecule has 0 spiro atoms. The normalized spacial score (nSPS) is 14.7. The molecule has 4 aromatic carbocycles. The molecule has 0 radical (unpaired) electrons. The van der Waals surface area contributed by atoms with Crippen LogP contribution >= 0.6 is 11.6 Å². The van der Waals surface area contributed by atoms with Gasteiger partial charge in [-0.3, -0.25) is 9.69 Å². The average molecular weight is 474 g/mol. The van der Waals surface area contributed by atoms with E-state index in [9.17, 15) is 4.79 Å². The van der Waals surface area contributed by atoms with E-state index in [0.717, 1.165) is 39.0 Å². The first kappa shape index (κ1) is 21.1. The second kappa shape index (κ2) is 8.75. The number of carbonyl (C=O) groups is 1. The van der Waals surface area contributed by atoms with Crippen molar-refractivity contribution in [3.63, 3.8) is 0 Å². The molecule has 0 unspecified atom stereocenters. The Morgan fingerprint density at radius 2 is 1.37 bits per heavy atom. The van der Waals surface area contributed by atoms with Crippen molar-refractivity contribution in [2.24, 2.45) is 4.99 Å². The summed E-state index contributed by atoms with van der Waals surface area (Å²) in [5.41, 5.74) is 5.71. The lowest BCUT2D eigenvalue weighted by Gasteiger charge is -2.20. The monoisotopic (exact) mass is 473 g/mol. The van der Waals surface area contributed by atoms with Crippen LogP contribution in [0.3, 0.4) is 0 Å². The van der Waals surface area contributed by atoms with Gasteiger partial charge in [0.25, 0.3) is 5.91 Å². The van der Waals surface area contributed by atoms with E-state index in [1.165, 1.54) is 0 Å². The Kier molecular flexibility index (Phi) is 5.28. The Balaban J connectivity index is 1.58. The summed E-state index contributed by atoms with van der Waals surface area (Å²) in [6, 6.07) is 35.3. The summed E-state index contributed by atoms with van der Waals surface area (Å²) in [7, 11) is 0. The molecule has 5 aromatic rings. The van der Waals surface area contributed by atoms with Gasteiger partial charge in [-0.15, -0.1) is 0 Å². The van der Waals surface area contributed by atoms with Crippen LogP contribution in [0.5, 0.6) is 0 Å². The van der Waals surface area contributed by atoms with Crippen LogP contribution in [-0.4, -0.2) is 16.7 Å². The third-order valence-corrected chi connectivity index (χ3v) is 6.28. The molecule has 0 aliphatic carbocycles. The summed E-state index contributed by atoms with van der Waals surface area (Å²) in [6.45, 7) is 0. The quantitative estimate of drug-likeness (QED) is 0.273. The number of nitrogens with zero attached hydrogens (tertiary/aromatic N) is 2. The molecule has 1 N–H and O–H groups in total. The number of rotatable bonds is 4. The lowest BCUT2D eigenvalue weighted by Crippen LogP contribution is -2.33. The highest BCUT2D eigenvalue weighted by Gasteiger charge is 2.36. The van der Waals surface area contributed by atoms with E-state index in [-0.39, 0.29) is 5.91 Å². The molecule has 168 valence electrons. The molecule has 35 heavy (non-hydrogen) atoms. The number of amides is 1. The highest BCUT2D eigenvalue weighted by Crippen LogP contribution is 2.41. The highest BCUT2D eigenvalue weighted by atomic mass is 35.5. The Labute approximate surface area is 207 Å². The van der Waals surface area contributed by atoms with Gasteiger partial charge in [-0.25, -0.2) is 4.99 Å². The SMILES string of the molecule is O=C1/C(=C\c2ccc(Cl)cc2)N=C(c2ccccc2)N1c1c(-c2ccccc2)[nH]c2ccccc12. The number of benzene rings is 4. The molecule has 1 amide bonds. The van der Waals surface area contributed by atoms with Crippen molar-refractivity contribution in [3.8, 4) is 11.3 Å². The van der Waals surface area contributed by atoms with E-state index in [1.807, 2.05) is 97.1 Å². The van der Waals surface area contributed by atoms with Gasteiger partial charge >= 0.3 is 0 Å². The number of hydrogen-bond acceptors (Lipinski definition) is 2. The fourth-order valence-electron chi connectivity index (χ4n) is 4.39. The van der Waals surface area contributed by atoms with Gasteiger partial charge in [-0.1, -0.05) is 103 Å².